The van der Waals surface area contributed by atoms with Crippen molar-refractivity contribution < 1.29 is 19.0 Å². The van der Waals surface area contributed by atoms with Crippen molar-refractivity contribution >= 4 is 35.8 Å². The number of hydrogen-bond acceptors (Lipinski definition) is 6. The van der Waals surface area contributed by atoms with E-state index in [9.17, 15) is 14.7 Å². The second-order valence-corrected chi connectivity index (χ2v) is 15.0. The van der Waals surface area contributed by atoms with E-state index in [1.807, 2.05) is 0 Å². The van der Waals surface area contributed by atoms with Crippen LogP contribution in [-0.4, -0.2) is 28.7 Å². The van der Waals surface area contributed by atoms with Crippen LogP contribution in [0.5, 0.6) is 0 Å². The average molecular weight is 468 g/mol. The number of anilines is 1. The average Bonchev–Trinajstić information content (AvgIpc) is 3.05. The number of carbonyl (C=O) groups is 1. The van der Waals surface area contributed by atoms with Crippen molar-refractivity contribution in [3.8, 4) is 11.4 Å². The van der Waals surface area contributed by atoms with Crippen LogP contribution in [0.2, 0.25) is 19.6 Å². The van der Waals surface area contributed by atoms with Crippen LogP contribution in [0, 0.1) is 5.82 Å². The summed E-state index contributed by atoms with van der Waals surface area (Å²) in [5, 5.41) is 12.6. The van der Waals surface area contributed by atoms with Crippen LogP contribution in [0.25, 0.3) is 22.3 Å². The first-order valence-corrected chi connectivity index (χ1v) is 14.5. The highest BCUT2D eigenvalue weighted by molar-refractivity contribution is 6.90. The molecular weight excluding hydrogens is 441 g/mol. The number of benzene rings is 1. The summed E-state index contributed by atoms with van der Waals surface area (Å²) in [6, 6.07) is 4.97. The van der Waals surface area contributed by atoms with Crippen molar-refractivity contribution in [2.24, 2.45) is 0 Å². The van der Waals surface area contributed by atoms with E-state index in [0.29, 0.717) is 27.9 Å². The molecular formula is C24H26FN3O4Si. The van der Waals surface area contributed by atoms with Gasteiger partial charge in [0.05, 0.1) is 49.2 Å². The molecule has 5 rings (SSSR count). The summed E-state index contributed by atoms with van der Waals surface area (Å²) >= 11 is 0. The van der Waals surface area contributed by atoms with Crippen LogP contribution in [0.4, 0.5) is 10.1 Å². The Kier molecular flexibility index (Phi) is 4.61. The lowest BCUT2D eigenvalue weighted by molar-refractivity contribution is -0.149. The minimum Gasteiger partial charge on any atom is -0.460 e. The Hall–Kier alpha value is -3.04. The number of aliphatic hydroxyl groups is 1. The van der Waals surface area contributed by atoms with Gasteiger partial charge in [0.25, 0.3) is 5.56 Å². The fourth-order valence-corrected chi connectivity index (χ4v) is 7.26. The zero-order valence-corrected chi connectivity index (χ0v) is 20.1. The molecule has 0 spiro atoms. The SMILES string of the molecule is CC[C@@]1(O)CC(=O)OCc2c1cc1n(c2=O)Cc2c-1nc1ccc(N)c(F)c1c2[Si](C)(C)C. The molecule has 0 amide bonds. The first-order chi connectivity index (χ1) is 15.5. The van der Waals surface area contributed by atoms with Crippen molar-refractivity contribution in [2.75, 3.05) is 5.73 Å². The van der Waals surface area contributed by atoms with E-state index in [0.717, 1.165) is 10.8 Å². The molecule has 0 aliphatic carbocycles. The molecule has 0 unspecified atom stereocenters. The molecule has 2 aliphatic rings. The molecule has 0 saturated carbocycles. The minimum atomic E-state index is -2.12. The van der Waals surface area contributed by atoms with E-state index in [4.69, 9.17) is 15.5 Å². The molecule has 2 aromatic heterocycles. The van der Waals surface area contributed by atoms with Crippen molar-refractivity contribution in [3.63, 3.8) is 0 Å². The van der Waals surface area contributed by atoms with Crippen LogP contribution in [0.3, 0.4) is 0 Å². The molecule has 0 bridgehead atoms. The maximum Gasteiger partial charge on any atom is 0.309 e. The number of halogens is 1. The first-order valence-electron chi connectivity index (χ1n) is 11.0. The van der Waals surface area contributed by atoms with E-state index in [1.165, 1.54) is 6.07 Å². The second kappa shape index (κ2) is 6.98. The number of pyridine rings is 2. The third-order valence-electron chi connectivity index (χ3n) is 6.83. The van der Waals surface area contributed by atoms with Gasteiger partial charge in [-0.1, -0.05) is 26.6 Å². The highest BCUT2D eigenvalue weighted by atomic mass is 28.3. The highest BCUT2D eigenvalue weighted by Crippen LogP contribution is 2.39. The monoisotopic (exact) mass is 467 g/mol. The summed E-state index contributed by atoms with van der Waals surface area (Å²) in [7, 11) is -2.12. The lowest BCUT2D eigenvalue weighted by Crippen LogP contribution is -2.42. The van der Waals surface area contributed by atoms with Gasteiger partial charge in [-0.2, -0.15) is 0 Å². The summed E-state index contributed by atoms with van der Waals surface area (Å²) in [6.45, 7) is 8.20. The van der Waals surface area contributed by atoms with E-state index in [2.05, 4.69) is 19.6 Å². The molecule has 1 atom stereocenters. The van der Waals surface area contributed by atoms with Crippen LogP contribution >= 0.6 is 0 Å². The lowest BCUT2D eigenvalue weighted by Gasteiger charge is -2.26. The predicted octanol–water partition coefficient (Wildman–Crippen LogP) is 2.74. The van der Waals surface area contributed by atoms with E-state index in [-0.39, 0.29) is 42.8 Å². The quantitative estimate of drug-likeness (QED) is 0.267. The molecule has 3 aromatic rings. The summed E-state index contributed by atoms with van der Waals surface area (Å²) in [4.78, 5) is 30.4. The summed E-state index contributed by atoms with van der Waals surface area (Å²) < 4.78 is 22.1. The van der Waals surface area contributed by atoms with Gasteiger partial charge in [-0.05, 0) is 40.9 Å². The van der Waals surface area contributed by atoms with Gasteiger partial charge in [0, 0.05) is 5.39 Å². The third kappa shape index (κ3) is 3.06. The third-order valence-corrected chi connectivity index (χ3v) is 8.88. The Morgan fingerprint density at radius 1 is 1.27 bits per heavy atom. The maximum absolute atomic E-state index is 15.2. The van der Waals surface area contributed by atoms with Gasteiger partial charge in [-0.15, -0.1) is 0 Å². The Bertz CT molecular complexity index is 1430. The van der Waals surface area contributed by atoms with E-state index in [1.54, 1.807) is 23.6 Å². The number of nitrogens with zero attached hydrogens (tertiary/aromatic N) is 2. The molecule has 172 valence electrons. The van der Waals surface area contributed by atoms with E-state index < -0.39 is 25.5 Å². The predicted molar refractivity (Wildman–Crippen MR) is 126 cm³/mol. The maximum atomic E-state index is 15.2. The lowest BCUT2D eigenvalue weighted by atomic mass is 9.85. The Morgan fingerprint density at radius 3 is 2.67 bits per heavy atom. The molecule has 0 radical (unpaired) electrons. The summed E-state index contributed by atoms with van der Waals surface area (Å²) in [5.74, 6) is -1.02. The molecule has 0 saturated heterocycles. The van der Waals surface area contributed by atoms with Crippen molar-refractivity contribution in [2.45, 2.75) is 58.2 Å². The zero-order valence-electron chi connectivity index (χ0n) is 19.1. The van der Waals surface area contributed by atoms with Crippen LogP contribution in [0.15, 0.2) is 23.0 Å². The number of carbonyl (C=O) groups excluding carboxylic acids is 1. The Morgan fingerprint density at radius 2 is 2.00 bits per heavy atom. The molecule has 4 heterocycles. The standard InChI is InChI=1S/C24H26FN3O4Si/c1-5-24(31)9-18(29)32-11-13-14(24)8-17-21-12(10-28(17)23(13)30)22(33(2,3)4)19-16(27-21)7-6-15(26)20(19)25/h6-8,31H,5,9-11,26H2,1-4H3/t24-/m1/s1. The van der Waals surface area contributed by atoms with Crippen molar-refractivity contribution in [1.29, 1.82) is 0 Å². The number of hydrogen-bond donors (Lipinski definition) is 2. The first kappa shape index (κ1) is 21.8. The van der Waals surface area contributed by atoms with Gasteiger partial charge in [0.2, 0.25) is 0 Å². The van der Waals surface area contributed by atoms with Gasteiger partial charge < -0.3 is 20.1 Å². The van der Waals surface area contributed by atoms with Gasteiger partial charge in [0.1, 0.15) is 12.2 Å². The molecule has 2 aliphatic heterocycles. The number of nitrogen functional groups attached to an aromatic ring is 1. The fourth-order valence-electron chi connectivity index (χ4n) is 5.17. The number of rotatable bonds is 2. The number of aromatic nitrogens is 2. The molecule has 9 heteroatoms. The number of esters is 1. The van der Waals surface area contributed by atoms with Crippen LogP contribution in [0.1, 0.15) is 36.5 Å². The topological polar surface area (TPSA) is 107 Å². The number of ether oxygens (including phenoxy) is 1. The Balaban J connectivity index is 1.87. The molecule has 0 fully saturated rings. The Labute approximate surface area is 191 Å². The van der Waals surface area contributed by atoms with Gasteiger partial charge in [-0.25, -0.2) is 9.37 Å². The smallest absolute Gasteiger partial charge is 0.309 e. The largest absolute Gasteiger partial charge is 0.460 e. The van der Waals surface area contributed by atoms with Crippen molar-refractivity contribution in [1.82, 2.24) is 9.55 Å². The second-order valence-electron chi connectivity index (χ2n) is 9.96. The summed E-state index contributed by atoms with van der Waals surface area (Å²) in [6.07, 6.45) is 0.0304. The fraction of sp³-hybridized carbons (Fsp3) is 0.375. The number of fused-ring (bicyclic) bond motifs is 5. The molecule has 7 nitrogen and oxygen atoms in total. The van der Waals surface area contributed by atoms with Gasteiger partial charge in [-0.3, -0.25) is 9.59 Å². The minimum absolute atomic E-state index is 0.0676. The number of cyclic esters (lactones) is 1. The van der Waals surface area contributed by atoms with E-state index >= 15 is 4.39 Å². The highest BCUT2D eigenvalue weighted by Gasteiger charge is 2.40. The van der Waals surface area contributed by atoms with Crippen LogP contribution < -0.4 is 16.5 Å². The summed E-state index contributed by atoms with van der Waals surface area (Å²) in [5.41, 5.74) is 7.29. The van der Waals surface area contributed by atoms with Crippen molar-refractivity contribution in [3.05, 3.63) is 51.1 Å². The van der Waals surface area contributed by atoms with Crippen LogP contribution in [-0.2, 0) is 28.3 Å². The molecule has 1 aromatic carbocycles. The van der Waals surface area contributed by atoms with Gasteiger partial charge in [0.15, 0.2) is 5.82 Å². The zero-order chi connectivity index (χ0) is 23.9. The molecule has 3 N–H and O–H groups in total. The normalized spacial score (nSPS) is 19.6. The molecule has 33 heavy (non-hydrogen) atoms. The van der Waals surface area contributed by atoms with Gasteiger partial charge >= 0.3 is 5.97 Å². The number of nitrogens with two attached hydrogens (primary N) is 1.